The number of nitrogens with one attached hydrogen (secondary N) is 1. The molecule has 0 bridgehead atoms. The Labute approximate surface area is 134 Å². The molecule has 2 nitrogen and oxygen atoms in total. The molecule has 21 heavy (non-hydrogen) atoms. The number of hydrogen-bond acceptors (Lipinski definition) is 2. The second-order valence-corrected chi connectivity index (χ2v) is 6.58. The van der Waals surface area contributed by atoms with Crippen molar-refractivity contribution in [2.75, 3.05) is 26.2 Å². The number of hydrogen-bond donors (Lipinski definition) is 1. The summed E-state index contributed by atoms with van der Waals surface area (Å²) in [4.78, 5) is 2.61. The van der Waals surface area contributed by atoms with Crippen LogP contribution in [-0.4, -0.2) is 31.1 Å². The van der Waals surface area contributed by atoms with Crippen LogP contribution >= 0.6 is 11.6 Å². The topological polar surface area (TPSA) is 15.3 Å². The van der Waals surface area contributed by atoms with Crippen molar-refractivity contribution in [3.05, 3.63) is 34.9 Å². The molecule has 1 fully saturated rings. The SMILES string of the molecule is CCNC(CCN(CC)CC1CCC1)c1cccc(Cl)c1. The molecule has 1 aliphatic carbocycles. The molecular formula is C18H29ClN2. The van der Waals surface area contributed by atoms with Crippen LogP contribution in [0.4, 0.5) is 0 Å². The second kappa shape index (κ2) is 8.77. The normalized spacial score (nSPS) is 17.0. The van der Waals surface area contributed by atoms with E-state index in [0.29, 0.717) is 6.04 Å². The maximum absolute atomic E-state index is 6.14. The molecule has 1 aromatic carbocycles. The highest BCUT2D eigenvalue weighted by Crippen LogP contribution is 2.27. The lowest BCUT2D eigenvalue weighted by Gasteiger charge is -2.32. The Morgan fingerprint density at radius 3 is 2.71 bits per heavy atom. The minimum absolute atomic E-state index is 0.407. The number of rotatable bonds is 9. The third kappa shape index (κ3) is 5.28. The van der Waals surface area contributed by atoms with Gasteiger partial charge in [-0.1, -0.05) is 44.0 Å². The first-order chi connectivity index (χ1) is 10.2. The Kier molecular flexibility index (Phi) is 7.01. The van der Waals surface area contributed by atoms with Gasteiger partial charge in [-0.05, 0) is 62.5 Å². The summed E-state index contributed by atoms with van der Waals surface area (Å²) in [5.41, 5.74) is 1.31. The molecule has 0 amide bonds. The Balaban J connectivity index is 1.89. The predicted octanol–water partition coefficient (Wildman–Crippen LogP) is 4.50. The van der Waals surface area contributed by atoms with Gasteiger partial charge in [0.2, 0.25) is 0 Å². The van der Waals surface area contributed by atoms with Gasteiger partial charge in [0.1, 0.15) is 0 Å². The molecule has 0 radical (unpaired) electrons. The van der Waals surface area contributed by atoms with Crippen molar-refractivity contribution in [1.29, 1.82) is 0 Å². The summed E-state index contributed by atoms with van der Waals surface area (Å²) in [6, 6.07) is 8.68. The molecule has 1 aromatic rings. The van der Waals surface area contributed by atoms with Crippen molar-refractivity contribution in [2.45, 2.75) is 45.6 Å². The molecule has 118 valence electrons. The maximum Gasteiger partial charge on any atom is 0.0409 e. The zero-order valence-corrected chi connectivity index (χ0v) is 14.2. The quantitative estimate of drug-likeness (QED) is 0.722. The largest absolute Gasteiger partial charge is 0.310 e. The molecule has 1 atom stereocenters. The fourth-order valence-corrected chi connectivity index (χ4v) is 3.29. The summed E-state index contributed by atoms with van der Waals surface area (Å²) in [5, 5.41) is 4.43. The van der Waals surface area contributed by atoms with E-state index in [1.54, 1.807) is 0 Å². The van der Waals surface area contributed by atoms with Crippen LogP contribution in [-0.2, 0) is 0 Å². The Bertz CT molecular complexity index is 417. The summed E-state index contributed by atoms with van der Waals surface area (Å²) in [6.45, 7) is 9.04. The summed E-state index contributed by atoms with van der Waals surface area (Å²) in [6.07, 6.45) is 5.45. The van der Waals surface area contributed by atoms with E-state index >= 15 is 0 Å². The van der Waals surface area contributed by atoms with Crippen molar-refractivity contribution in [2.24, 2.45) is 5.92 Å². The highest BCUT2D eigenvalue weighted by atomic mass is 35.5. The van der Waals surface area contributed by atoms with Crippen molar-refractivity contribution in [3.63, 3.8) is 0 Å². The van der Waals surface area contributed by atoms with Crippen LogP contribution in [0.2, 0.25) is 5.02 Å². The lowest BCUT2D eigenvalue weighted by atomic mass is 9.85. The Morgan fingerprint density at radius 2 is 2.14 bits per heavy atom. The average molecular weight is 309 g/mol. The Hall–Kier alpha value is -0.570. The molecule has 0 heterocycles. The van der Waals surface area contributed by atoms with Crippen molar-refractivity contribution in [3.8, 4) is 0 Å². The number of benzene rings is 1. The zero-order chi connectivity index (χ0) is 15.1. The lowest BCUT2D eigenvalue weighted by molar-refractivity contribution is 0.177. The van der Waals surface area contributed by atoms with Crippen molar-refractivity contribution < 1.29 is 0 Å². The van der Waals surface area contributed by atoms with Crippen LogP contribution in [0.25, 0.3) is 0 Å². The molecule has 0 aromatic heterocycles. The first kappa shape index (κ1) is 16.8. The molecule has 0 spiro atoms. The Morgan fingerprint density at radius 1 is 1.33 bits per heavy atom. The maximum atomic E-state index is 6.14. The molecule has 1 N–H and O–H groups in total. The summed E-state index contributed by atoms with van der Waals surface area (Å²) in [7, 11) is 0. The van der Waals surface area contributed by atoms with E-state index in [-0.39, 0.29) is 0 Å². The molecule has 1 saturated carbocycles. The van der Waals surface area contributed by atoms with Crippen LogP contribution in [0.15, 0.2) is 24.3 Å². The van der Waals surface area contributed by atoms with Crippen LogP contribution in [0.3, 0.4) is 0 Å². The van der Waals surface area contributed by atoms with Crippen LogP contribution < -0.4 is 5.32 Å². The van der Waals surface area contributed by atoms with E-state index in [0.717, 1.165) is 37.0 Å². The van der Waals surface area contributed by atoms with E-state index in [4.69, 9.17) is 11.6 Å². The standard InChI is InChI=1S/C18H29ClN2/c1-3-20-18(16-9-6-10-17(19)13-16)11-12-21(4-2)14-15-7-5-8-15/h6,9-10,13,15,18,20H,3-5,7-8,11-12,14H2,1-2H3. The van der Waals surface area contributed by atoms with Gasteiger partial charge in [-0.2, -0.15) is 0 Å². The molecule has 1 unspecified atom stereocenters. The minimum Gasteiger partial charge on any atom is -0.310 e. The van der Waals surface area contributed by atoms with Gasteiger partial charge in [0, 0.05) is 17.6 Å². The van der Waals surface area contributed by atoms with Crippen LogP contribution in [0.1, 0.15) is 51.1 Å². The van der Waals surface area contributed by atoms with Gasteiger partial charge in [0.25, 0.3) is 0 Å². The second-order valence-electron chi connectivity index (χ2n) is 6.14. The van der Waals surface area contributed by atoms with Gasteiger partial charge in [-0.25, -0.2) is 0 Å². The van der Waals surface area contributed by atoms with Gasteiger partial charge in [-0.3, -0.25) is 0 Å². The molecule has 3 heteroatoms. The first-order valence-electron chi connectivity index (χ1n) is 8.44. The first-order valence-corrected chi connectivity index (χ1v) is 8.82. The van der Waals surface area contributed by atoms with E-state index in [1.165, 1.54) is 31.4 Å². The number of nitrogens with zero attached hydrogens (tertiary/aromatic N) is 1. The fraction of sp³-hybridized carbons (Fsp3) is 0.667. The molecular weight excluding hydrogens is 280 g/mol. The van der Waals surface area contributed by atoms with Gasteiger partial charge in [-0.15, -0.1) is 0 Å². The molecule has 1 aliphatic rings. The molecule has 0 aliphatic heterocycles. The fourth-order valence-electron chi connectivity index (χ4n) is 3.09. The predicted molar refractivity (Wildman–Crippen MR) is 91.9 cm³/mol. The third-order valence-electron chi connectivity index (χ3n) is 4.62. The number of halogens is 1. The van der Waals surface area contributed by atoms with Gasteiger partial charge < -0.3 is 10.2 Å². The summed E-state index contributed by atoms with van der Waals surface area (Å²) < 4.78 is 0. The lowest BCUT2D eigenvalue weighted by Crippen LogP contribution is -2.35. The monoisotopic (exact) mass is 308 g/mol. The molecule has 0 saturated heterocycles. The van der Waals surface area contributed by atoms with Crippen LogP contribution in [0.5, 0.6) is 0 Å². The van der Waals surface area contributed by atoms with E-state index in [2.05, 4.69) is 36.2 Å². The van der Waals surface area contributed by atoms with Crippen molar-refractivity contribution >= 4 is 11.6 Å². The minimum atomic E-state index is 0.407. The summed E-state index contributed by atoms with van der Waals surface area (Å²) >= 11 is 6.14. The zero-order valence-electron chi connectivity index (χ0n) is 13.4. The van der Waals surface area contributed by atoms with Gasteiger partial charge >= 0.3 is 0 Å². The van der Waals surface area contributed by atoms with Crippen molar-refractivity contribution in [1.82, 2.24) is 10.2 Å². The van der Waals surface area contributed by atoms with E-state index < -0.39 is 0 Å². The van der Waals surface area contributed by atoms with Gasteiger partial charge in [0.05, 0.1) is 0 Å². The average Bonchev–Trinajstić information content (AvgIpc) is 2.44. The van der Waals surface area contributed by atoms with Gasteiger partial charge in [0.15, 0.2) is 0 Å². The summed E-state index contributed by atoms with van der Waals surface area (Å²) in [5.74, 6) is 0.953. The highest BCUT2D eigenvalue weighted by Gasteiger charge is 2.20. The van der Waals surface area contributed by atoms with E-state index in [1.807, 2.05) is 12.1 Å². The molecule has 2 rings (SSSR count). The van der Waals surface area contributed by atoms with Crippen LogP contribution in [0, 0.1) is 5.92 Å². The van der Waals surface area contributed by atoms with E-state index in [9.17, 15) is 0 Å². The highest BCUT2D eigenvalue weighted by molar-refractivity contribution is 6.30. The smallest absolute Gasteiger partial charge is 0.0409 e. The third-order valence-corrected chi connectivity index (χ3v) is 4.86.